The molecule has 9 heteroatoms. The van der Waals surface area contributed by atoms with Crippen molar-refractivity contribution in [3.63, 3.8) is 0 Å². The summed E-state index contributed by atoms with van der Waals surface area (Å²) in [5, 5.41) is 8.45. The van der Waals surface area contributed by atoms with Crippen LogP contribution < -0.4 is 16.0 Å². The van der Waals surface area contributed by atoms with Gasteiger partial charge in [0.1, 0.15) is 12.1 Å². The molecule has 0 radical (unpaired) electrons. The van der Waals surface area contributed by atoms with Crippen LogP contribution >= 0.6 is 0 Å². The van der Waals surface area contributed by atoms with E-state index in [9.17, 15) is 24.0 Å². The summed E-state index contributed by atoms with van der Waals surface area (Å²) in [5.41, 5.74) is 0.859. The second kappa shape index (κ2) is 18.4. The Balaban J connectivity index is 3.21. The summed E-state index contributed by atoms with van der Waals surface area (Å²) < 4.78 is 5.76. The van der Waals surface area contributed by atoms with E-state index < -0.39 is 42.0 Å². The summed E-state index contributed by atoms with van der Waals surface area (Å²) in [7, 11) is 0. The van der Waals surface area contributed by atoms with Gasteiger partial charge >= 0.3 is 5.97 Å². The van der Waals surface area contributed by atoms with Gasteiger partial charge in [0.05, 0.1) is 6.04 Å². The van der Waals surface area contributed by atoms with E-state index in [1.54, 1.807) is 0 Å². The van der Waals surface area contributed by atoms with Crippen LogP contribution in [0.5, 0.6) is 0 Å². The van der Waals surface area contributed by atoms with Crippen molar-refractivity contribution in [3.8, 4) is 0 Å². The third-order valence-electron chi connectivity index (χ3n) is 7.39. The van der Waals surface area contributed by atoms with Crippen molar-refractivity contribution in [2.45, 2.75) is 119 Å². The topological polar surface area (TPSA) is 131 Å². The van der Waals surface area contributed by atoms with E-state index in [1.165, 1.54) is 6.92 Å². The number of carbonyl (C=O) groups is 5. The van der Waals surface area contributed by atoms with Crippen LogP contribution in [0.1, 0.15) is 94.1 Å². The molecule has 1 unspecified atom stereocenters. The first kappa shape index (κ1) is 37.8. The molecule has 0 fully saturated rings. The molecule has 0 aliphatic heterocycles. The SMILES string of the molecule is CC(=O)[C@H](CC(C)C)NC(=O)C(CC(C)C)OC(=O)[C@H](CC(C)C)NC(=O)[C@H](Cc1ccccc1)NC(=O)[C@@H](C)C(C)C. The van der Waals surface area contributed by atoms with Crippen LogP contribution in [0.25, 0.3) is 0 Å². The first-order chi connectivity index (χ1) is 20.0. The van der Waals surface area contributed by atoms with Gasteiger partial charge in [0, 0.05) is 12.3 Å². The Morgan fingerprint density at radius 1 is 0.628 bits per heavy atom. The summed E-state index contributed by atoms with van der Waals surface area (Å²) in [6.07, 6.45) is 0.122. The van der Waals surface area contributed by atoms with Gasteiger partial charge in [-0.05, 0) is 55.4 Å². The molecule has 242 valence electrons. The van der Waals surface area contributed by atoms with E-state index in [1.807, 2.05) is 92.6 Å². The number of esters is 1. The van der Waals surface area contributed by atoms with Crippen molar-refractivity contribution >= 4 is 29.5 Å². The molecule has 43 heavy (non-hydrogen) atoms. The molecule has 0 aliphatic rings. The standard InChI is InChI=1S/C34H55N3O6/c1-20(2)16-27(25(10)38)35-33(41)30(18-22(5)6)43-34(42)29(17-21(3)4)37-32(40)28(19-26-14-12-11-13-15-26)36-31(39)24(9)23(7)8/h11-15,20-24,27-30H,16-19H2,1-10H3,(H,35,41)(H,36,39)(H,37,40)/t24-,27-,28-,29-,30?/m0/s1. The van der Waals surface area contributed by atoms with E-state index in [-0.39, 0.29) is 60.5 Å². The minimum absolute atomic E-state index is 0.0199. The van der Waals surface area contributed by atoms with Crippen molar-refractivity contribution in [2.75, 3.05) is 0 Å². The second-order valence-corrected chi connectivity index (χ2v) is 13.3. The number of hydrogen-bond acceptors (Lipinski definition) is 6. The Kier molecular flexibility index (Phi) is 16.2. The fourth-order valence-electron chi connectivity index (χ4n) is 4.54. The molecule has 0 aromatic heterocycles. The molecule has 0 saturated carbocycles. The first-order valence-electron chi connectivity index (χ1n) is 15.7. The number of ketones is 1. The molecular formula is C34H55N3O6. The lowest BCUT2D eigenvalue weighted by Crippen LogP contribution is -2.55. The summed E-state index contributed by atoms with van der Waals surface area (Å²) >= 11 is 0. The van der Waals surface area contributed by atoms with E-state index in [0.29, 0.717) is 6.42 Å². The zero-order chi connectivity index (χ0) is 32.9. The number of ether oxygens (including phenoxy) is 1. The number of Topliss-reactive ketones (excluding diaryl/α,β-unsaturated/α-hetero) is 1. The largest absolute Gasteiger partial charge is 0.451 e. The Hall–Kier alpha value is -3.23. The van der Waals surface area contributed by atoms with Gasteiger partial charge in [0.25, 0.3) is 5.91 Å². The average Bonchev–Trinajstić information content (AvgIpc) is 2.90. The Labute approximate surface area is 258 Å². The van der Waals surface area contributed by atoms with Crippen molar-refractivity contribution < 1.29 is 28.7 Å². The van der Waals surface area contributed by atoms with E-state index in [0.717, 1.165) is 5.56 Å². The van der Waals surface area contributed by atoms with Gasteiger partial charge in [-0.15, -0.1) is 0 Å². The van der Waals surface area contributed by atoms with Crippen LogP contribution in [-0.4, -0.2) is 53.7 Å². The van der Waals surface area contributed by atoms with Gasteiger partial charge in [-0.1, -0.05) is 92.6 Å². The molecule has 0 spiro atoms. The quantitative estimate of drug-likeness (QED) is 0.211. The van der Waals surface area contributed by atoms with Crippen molar-refractivity contribution in [1.82, 2.24) is 16.0 Å². The highest BCUT2D eigenvalue weighted by atomic mass is 16.5. The molecule has 0 bridgehead atoms. The lowest BCUT2D eigenvalue weighted by molar-refractivity contribution is -0.160. The molecule has 3 amide bonds. The highest BCUT2D eigenvalue weighted by Gasteiger charge is 2.34. The van der Waals surface area contributed by atoms with Crippen LogP contribution in [0.15, 0.2) is 30.3 Å². The third kappa shape index (κ3) is 14.2. The molecule has 1 aromatic rings. The Morgan fingerprint density at radius 2 is 1.12 bits per heavy atom. The van der Waals surface area contributed by atoms with Crippen LogP contribution in [0, 0.1) is 29.6 Å². The summed E-state index contributed by atoms with van der Waals surface area (Å²) in [4.78, 5) is 65.6. The number of carbonyl (C=O) groups excluding carboxylic acids is 5. The summed E-state index contributed by atoms with van der Waals surface area (Å²) in [6, 6.07) is 6.72. The predicted octanol–water partition coefficient (Wildman–Crippen LogP) is 4.61. The molecule has 1 aromatic carbocycles. The summed E-state index contributed by atoms with van der Waals surface area (Å²) in [5.74, 6) is -2.19. The van der Waals surface area contributed by atoms with Gasteiger partial charge in [-0.25, -0.2) is 4.79 Å². The van der Waals surface area contributed by atoms with E-state index in [2.05, 4.69) is 16.0 Å². The third-order valence-corrected chi connectivity index (χ3v) is 7.39. The number of rotatable bonds is 18. The van der Waals surface area contributed by atoms with Crippen molar-refractivity contribution in [1.29, 1.82) is 0 Å². The average molecular weight is 602 g/mol. The minimum Gasteiger partial charge on any atom is -0.451 e. The lowest BCUT2D eigenvalue weighted by atomic mass is 9.96. The maximum Gasteiger partial charge on any atom is 0.329 e. The van der Waals surface area contributed by atoms with Crippen molar-refractivity contribution in [2.24, 2.45) is 29.6 Å². The highest BCUT2D eigenvalue weighted by Crippen LogP contribution is 2.16. The first-order valence-corrected chi connectivity index (χ1v) is 15.7. The fourth-order valence-corrected chi connectivity index (χ4v) is 4.54. The normalized spacial score (nSPS) is 15.0. The van der Waals surface area contributed by atoms with Crippen LogP contribution in [0.2, 0.25) is 0 Å². The van der Waals surface area contributed by atoms with Gasteiger partial charge in [-0.3, -0.25) is 19.2 Å². The molecule has 0 heterocycles. The number of nitrogens with one attached hydrogen (secondary N) is 3. The number of amides is 3. The molecule has 1 rings (SSSR count). The van der Waals surface area contributed by atoms with Gasteiger partial charge in [0.2, 0.25) is 11.8 Å². The smallest absolute Gasteiger partial charge is 0.329 e. The van der Waals surface area contributed by atoms with Crippen LogP contribution in [-0.2, 0) is 35.1 Å². The van der Waals surface area contributed by atoms with Gasteiger partial charge in [-0.2, -0.15) is 0 Å². The zero-order valence-electron chi connectivity index (χ0n) is 27.9. The maximum absolute atomic E-state index is 13.6. The lowest BCUT2D eigenvalue weighted by Gasteiger charge is -2.28. The molecular weight excluding hydrogens is 546 g/mol. The molecule has 3 N–H and O–H groups in total. The van der Waals surface area contributed by atoms with Gasteiger partial charge < -0.3 is 20.7 Å². The molecule has 0 aliphatic carbocycles. The predicted molar refractivity (Wildman–Crippen MR) is 169 cm³/mol. The Bertz CT molecular complexity index is 1050. The summed E-state index contributed by atoms with van der Waals surface area (Å²) in [6.45, 7) is 18.7. The second-order valence-electron chi connectivity index (χ2n) is 13.3. The monoisotopic (exact) mass is 601 g/mol. The fraction of sp³-hybridized carbons (Fsp3) is 0.676. The van der Waals surface area contributed by atoms with Crippen LogP contribution in [0.4, 0.5) is 0 Å². The minimum atomic E-state index is -1.13. The molecule has 5 atom stereocenters. The van der Waals surface area contributed by atoms with E-state index in [4.69, 9.17) is 4.74 Å². The number of benzene rings is 1. The maximum atomic E-state index is 13.6. The van der Waals surface area contributed by atoms with Crippen molar-refractivity contribution in [3.05, 3.63) is 35.9 Å². The molecule has 0 saturated heterocycles. The highest BCUT2D eigenvalue weighted by molar-refractivity contribution is 5.93. The van der Waals surface area contributed by atoms with E-state index >= 15 is 0 Å². The number of hydrogen-bond donors (Lipinski definition) is 3. The Morgan fingerprint density at radius 3 is 1.60 bits per heavy atom. The van der Waals surface area contributed by atoms with Gasteiger partial charge in [0.15, 0.2) is 11.9 Å². The molecule has 9 nitrogen and oxygen atoms in total. The zero-order valence-corrected chi connectivity index (χ0v) is 27.9. The van der Waals surface area contributed by atoms with Crippen LogP contribution in [0.3, 0.4) is 0 Å².